The normalized spacial score (nSPS) is 18.7. The second-order valence-electron chi connectivity index (χ2n) is 5.99. The van der Waals surface area contributed by atoms with Crippen LogP contribution in [0.1, 0.15) is 39.3 Å². The molecule has 22 heavy (non-hydrogen) atoms. The quantitative estimate of drug-likeness (QED) is 0.793. The maximum atomic E-state index is 12.2. The van der Waals surface area contributed by atoms with Crippen LogP contribution in [0, 0.1) is 5.92 Å². The Balaban J connectivity index is 2.47. The molecule has 1 aromatic carbocycles. The predicted octanol–water partition coefficient (Wildman–Crippen LogP) is 4.20. The molecule has 0 amide bonds. The summed E-state index contributed by atoms with van der Waals surface area (Å²) < 4.78 is 1.01. The zero-order valence-electron chi connectivity index (χ0n) is 13.3. The number of carbonyl (C=O) groups excluding carboxylic acids is 1. The summed E-state index contributed by atoms with van der Waals surface area (Å²) in [5, 5.41) is 4.02. The van der Waals surface area contributed by atoms with Crippen LogP contribution in [0.3, 0.4) is 0 Å². The van der Waals surface area contributed by atoms with Crippen molar-refractivity contribution in [1.29, 1.82) is 0 Å². The summed E-state index contributed by atoms with van der Waals surface area (Å²) in [5.41, 5.74) is 2.79. The Hall–Kier alpha value is -1.20. The Labute approximate surface area is 145 Å². The lowest BCUT2D eigenvalue weighted by molar-refractivity contribution is -0.114. The molecule has 0 aromatic heterocycles. The summed E-state index contributed by atoms with van der Waals surface area (Å²) in [7, 11) is 0. The average molecular weight is 381 g/mol. The van der Waals surface area contributed by atoms with Crippen LogP contribution in [-0.4, -0.2) is 22.3 Å². The van der Waals surface area contributed by atoms with Crippen LogP contribution in [0.5, 0.6) is 0 Å². The topological polar surface area (TPSA) is 32.3 Å². The predicted molar refractivity (Wildman–Crippen MR) is 97.5 cm³/mol. The van der Waals surface area contributed by atoms with Crippen molar-refractivity contribution < 1.29 is 4.79 Å². The smallest absolute Gasteiger partial charge is 0.173 e. The highest BCUT2D eigenvalue weighted by Gasteiger charge is 2.32. The lowest BCUT2D eigenvalue weighted by Crippen LogP contribution is -2.48. The first kappa shape index (κ1) is 17.2. The molecule has 0 radical (unpaired) electrons. The van der Waals surface area contributed by atoms with Crippen LogP contribution < -0.4 is 5.32 Å². The Morgan fingerprint density at radius 3 is 2.45 bits per heavy atom. The SMILES string of the molecule is CC(=O)C1=C(C)N(CC(C)C)C(=S)NC1c1ccc(Br)cc1. The van der Waals surface area contributed by atoms with Gasteiger partial charge in [-0.05, 0) is 49.7 Å². The van der Waals surface area contributed by atoms with Crippen molar-refractivity contribution in [3.8, 4) is 0 Å². The lowest BCUT2D eigenvalue weighted by Gasteiger charge is -2.38. The van der Waals surface area contributed by atoms with Gasteiger partial charge >= 0.3 is 0 Å². The molecule has 0 aliphatic carbocycles. The van der Waals surface area contributed by atoms with E-state index in [1.807, 2.05) is 36.1 Å². The summed E-state index contributed by atoms with van der Waals surface area (Å²) in [6.45, 7) is 8.70. The molecule has 0 bridgehead atoms. The zero-order valence-corrected chi connectivity index (χ0v) is 15.7. The number of hydrogen-bond donors (Lipinski definition) is 1. The van der Waals surface area contributed by atoms with Crippen LogP contribution in [0.2, 0.25) is 0 Å². The lowest BCUT2D eigenvalue weighted by atomic mass is 9.92. The van der Waals surface area contributed by atoms with Crippen LogP contribution in [0.4, 0.5) is 0 Å². The molecule has 0 spiro atoms. The second kappa shape index (κ2) is 6.92. The van der Waals surface area contributed by atoms with Gasteiger partial charge in [0.25, 0.3) is 0 Å². The average Bonchev–Trinajstić information content (AvgIpc) is 2.43. The van der Waals surface area contributed by atoms with E-state index in [-0.39, 0.29) is 11.8 Å². The summed E-state index contributed by atoms with van der Waals surface area (Å²) in [6, 6.07) is 7.81. The maximum Gasteiger partial charge on any atom is 0.173 e. The number of nitrogens with zero attached hydrogens (tertiary/aromatic N) is 1. The Morgan fingerprint density at radius 2 is 1.95 bits per heavy atom. The second-order valence-corrected chi connectivity index (χ2v) is 7.30. The molecule has 0 saturated heterocycles. The van der Waals surface area contributed by atoms with E-state index in [9.17, 15) is 4.79 Å². The fourth-order valence-electron chi connectivity index (χ4n) is 2.73. The Bertz CT molecular complexity index is 622. The van der Waals surface area contributed by atoms with Gasteiger partial charge in [0, 0.05) is 22.3 Å². The third kappa shape index (κ3) is 3.58. The molecule has 0 fully saturated rings. The fourth-order valence-corrected chi connectivity index (χ4v) is 3.32. The third-order valence-corrected chi connectivity index (χ3v) is 4.59. The molecular weight excluding hydrogens is 360 g/mol. The van der Waals surface area contributed by atoms with E-state index in [4.69, 9.17) is 12.2 Å². The van der Waals surface area contributed by atoms with Gasteiger partial charge in [0.15, 0.2) is 10.9 Å². The molecule has 1 aliphatic rings. The van der Waals surface area contributed by atoms with Gasteiger partial charge in [0.05, 0.1) is 6.04 Å². The van der Waals surface area contributed by atoms with E-state index in [1.54, 1.807) is 6.92 Å². The molecule has 2 rings (SSSR count). The number of halogens is 1. The molecular formula is C17H21BrN2OS. The highest BCUT2D eigenvalue weighted by Crippen LogP contribution is 2.32. The number of allylic oxidation sites excluding steroid dienone is 1. The number of carbonyl (C=O) groups is 1. The van der Waals surface area contributed by atoms with E-state index in [0.717, 1.165) is 27.9 Å². The van der Waals surface area contributed by atoms with Gasteiger partial charge in [-0.1, -0.05) is 41.9 Å². The van der Waals surface area contributed by atoms with Crippen LogP contribution in [-0.2, 0) is 4.79 Å². The summed E-state index contributed by atoms with van der Waals surface area (Å²) >= 11 is 8.97. The highest BCUT2D eigenvalue weighted by molar-refractivity contribution is 9.10. The van der Waals surface area contributed by atoms with Crippen molar-refractivity contribution in [3.05, 3.63) is 45.6 Å². The number of nitrogens with one attached hydrogen (secondary N) is 1. The fraction of sp³-hybridized carbons (Fsp3) is 0.412. The van der Waals surface area contributed by atoms with Crippen molar-refractivity contribution in [3.63, 3.8) is 0 Å². The highest BCUT2D eigenvalue weighted by atomic mass is 79.9. The van der Waals surface area contributed by atoms with Gasteiger partial charge in [-0.3, -0.25) is 4.79 Å². The molecule has 1 aliphatic heterocycles. The standard InChI is InChI=1S/C17H21BrN2OS/c1-10(2)9-20-11(3)15(12(4)21)16(19-17(20)22)13-5-7-14(18)8-6-13/h5-8,10,16H,9H2,1-4H3,(H,19,22). The van der Waals surface area contributed by atoms with Gasteiger partial charge in [-0.2, -0.15) is 0 Å². The van der Waals surface area contributed by atoms with Crippen molar-refractivity contribution in [1.82, 2.24) is 10.2 Å². The van der Waals surface area contributed by atoms with Gasteiger partial charge in [-0.15, -0.1) is 0 Å². The minimum absolute atomic E-state index is 0.0779. The summed E-state index contributed by atoms with van der Waals surface area (Å²) in [4.78, 5) is 14.3. The number of benzene rings is 1. The van der Waals surface area contributed by atoms with Crippen LogP contribution >= 0.6 is 28.1 Å². The number of ketones is 1. The minimum atomic E-state index is -0.179. The number of hydrogen-bond acceptors (Lipinski definition) is 2. The molecule has 1 heterocycles. The van der Waals surface area contributed by atoms with Crippen molar-refractivity contribution in [2.75, 3.05) is 6.54 Å². The van der Waals surface area contributed by atoms with Gasteiger partial charge in [0.2, 0.25) is 0 Å². The molecule has 1 N–H and O–H groups in total. The van der Waals surface area contributed by atoms with Crippen molar-refractivity contribution in [2.45, 2.75) is 33.7 Å². The Morgan fingerprint density at radius 1 is 1.36 bits per heavy atom. The van der Waals surface area contributed by atoms with Gasteiger partial charge in [-0.25, -0.2) is 0 Å². The Kier molecular flexibility index (Phi) is 5.40. The van der Waals surface area contributed by atoms with Gasteiger partial charge < -0.3 is 10.2 Å². The largest absolute Gasteiger partial charge is 0.351 e. The van der Waals surface area contributed by atoms with E-state index < -0.39 is 0 Å². The van der Waals surface area contributed by atoms with Gasteiger partial charge in [0.1, 0.15) is 0 Å². The maximum absolute atomic E-state index is 12.2. The van der Waals surface area contributed by atoms with E-state index in [0.29, 0.717) is 11.0 Å². The molecule has 1 atom stereocenters. The van der Waals surface area contributed by atoms with E-state index in [2.05, 4.69) is 35.1 Å². The monoisotopic (exact) mass is 380 g/mol. The first-order valence-corrected chi connectivity index (χ1v) is 8.56. The number of rotatable bonds is 4. The minimum Gasteiger partial charge on any atom is -0.351 e. The molecule has 1 aromatic rings. The summed E-state index contributed by atoms with van der Waals surface area (Å²) in [5.74, 6) is 0.543. The third-order valence-electron chi connectivity index (χ3n) is 3.73. The molecule has 118 valence electrons. The van der Waals surface area contributed by atoms with Crippen molar-refractivity contribution in [2.24, 2.45) is 5.92 Å². The molecule has 1 unspecified atom stereocenters. The van der Waals surface area contributed by atoms with E-state index in [1.165, 1.54) is 0 Å². The molecule has 5 heteroatoms. The first-order valence-electron chi connectivity index (χ1n) is 7.36. The van der Waals surface area contributed by atoms with Crippen molar-refractivity contribution >= 4 is 39.0 Å². The molecule has 3 nitrogen and oxygen atoms in total. The number of thiocarbonyl (C=S) groups is 1. The van der Waals surface area contributed by atoms with Crippen LogP contribution in [0.15, 0.2) is 40.0 Å². The van der Waals surface area contributed by atoms with E-state index >= 15 is 0 Å². The number of Topliss-reactive ketones (excluding diaryl/α,β-unsaturated/α-hetero) is 1. The summed E-state index contributed by atoms with van der Waals surface area (Å²) in [6.07, 6.45) is 0. The molecule has 0 saturated carbocycles. The first-order chi connectivity index (χ1) is 10.3. The van der Waals surface area contributed by atoms with Crippen LogP contribution in [0.25, 0.3) is 0 Å². The zero-order chi connectivity index (χ0) is 16.4.